The minimum atomic E-state index is -3.12. The van der Waals surface area contributed by atoms with Crippen molar-refractivity contribution in [3.63, 3.8) is 0 Å². The lowest BCUT2D eigenvalue weighted by atomic mass is 10.1. The first-order chi connectivity index (χ1) is 6.34. The Hall–Kier alpha value is -0.100. The molecule has 0 aromatic carbocycles. The van der Waals surface area contributed by atoms with Gasteiger partial charge < -0.3 is 5.73 Å². The van der Waals surface area contributed by atoms with Gasteiger partial charge in [0.1, 0.15) is 0 Å². The van der Waals surface area contributed by atoms with Gasteiger partial charge in [0.15, 0.2) is 9.84 Å². The van der Waals surface area contributed by atoms with Gasteiger partial charge in [0.25, 0.3) is 0 Å². The second kappa shape index (κ2) is 4.18. The zero-order valence-corrected chi connectivity index (χ0v) is 10.3. The minimum Gasteiger partial charge on any atom is -0.323 e. The monoisotopic (exact) mass is 253 g/mol. The van der Waals surface area contributed by atoms with Gasteiger partial charge in [0, 0.05) is 12.3 Å². The summed E-state index contributed by atoms with van der Waals surface area (Å²) in [5.74, 6) is 0. The van der Waals surface area contributed by atoms with E-state index in [0.717, 1.165) is 0 Å². The Morgan fingerprint density at radius 3 is 2.50 bits per heavy atom. The zero-order chi connectivity index (χ0) is 10.9. The predicted octanol–water partition coefficient (Wildman–Crippen LogP) is 1.83. The standard InChI is InChI=1S/C8H12ClNO2S2/c1-5(14(2,11)12)7(10)6-3-4-13-8(6)9/h3-5,7H,10H2,1-2H3. The van der Waals surface area contributed by atoms with E-state index in [-0.39, 0.29) is 0 Å². The van der Waals surface area contributed by atoms with Crippen LogP contribution in [0.2, 0.25) is 4.34 Å². The quantitative estimate of drug-likeness (QED) is 0.894. The highest BCUT2D eigenvalue weighted by Gasteiger charge is 2.25. The molecule has 2 atom stereocenters. The normalized spacial score (nSPS) is 16.6. The van der Waals surface area contributed by atoms with E-state index in [0.29, 0.717) is 9.90 Å². The molecule has 0 saturated heterocycles. The van der Waals surface area contributed by atoms with Crippen LogP contribution < -0.4 is 5.73 Å². The highest BCUT2D eigenvalue weighted by molar-refractivity contribution is 7.91. The summed E-state index contributed by atoms with van der Waals surface area (Å²) in [4.78, 5) is 0. The number of rotatable bonds is 3. The summed E-state index contributed by atoms with van der Waals surface area (Å²) in [6.07, 6.45) is 1.18. The number of thiophene rings is 1. The molecule has 0 radical (unpaired) electrons. The first-order valence-corrected chi connectivity index (χ1v) is 7.22. The minimum absolute atomic E-state index is 0.552. The number of hydrogen-bond donors (Lipinski definition) is 1. The van der Waals surface area contributed by atoms with Crippen LogP contribution in [0.15, 0.2) is 11.4 Å². The molecule has 14 heavy (non-hydrogen) atoms. The number of halogens is 1. The van der Waals surface area contributed by atoms with Gasteiger partial charge in [-0.1, -0.05) is 11.6 Å². The van der Waals surface area contributed by atoms with Gasteiger partial charge in [-0.2, -0.15) is 0 Å². The molecule has 0 aliphatic rings. The van der Waals surface area contributed by atoms with Crippen LogP contribution in [0.5, 0.6) is 0 Å². The van der Waals surface area contributed by atoms with Crippen LogP contribution in [0.4, 0.5) is 0 Å². The van der Waals surface area contributed by atoms with E-state index in [2.05, 4.69) is 0 Å². The fourth-order valence-corrected chi connectivity index (χ4v) is 2.76. The Kier molecular flexibility index (Phi) is 3.58. The summed E-state index contributed by atoms with van der Waals surface area (Å²) >= 11 is 7.22. The summed E-state index contributed by atoms with van der Waals surface area (Å²) < 4.78 is 23.1. The molecule has 0 spiro atoms. The highest BCUT2D eigenvalue weighted by atomic mass is 35.5. The largest absolute Gasteiger partial charge is 0.323 e. The van der Waals surface area contributed by atoms with E-state index in [1.54, 1.807) is 18.4 Å². The molecule has 0 bridgehead atoms. The van der Waals surface area contributed by atoms with Crippen LogP contribution in [-0.2, 0) is 9.84 Å². The average Bonchev–Trinajstić information content (AvgIpc) is 2.47. The van der Waals surface area contributed by atoms with Gasteiger partial charge in [-0.05, 0) is 23.9 Å². The van der Waals surface area contributed by atoms with Crippen molar-refractivity contribution < 1.29 is 8.42 Å². The van der Waals surface area contributed by atoms with Crippen LogP contribution in [-0.4, -0.2) is 19.9 Å². The van der Waals surface area contributed by atoms with Crippen molar-refractivity contribution in [2.75, 3.05) is 6.26 Å². The molecule has 80 valence electrons. The molecule has 1 aromatic heterocycles. The van der Waals surface area contributed by atoms with E-state index in [4.69, 9.17) is 17.3 Å². The Morgan fingerprint density at radius 1 is 1.57 bits per heavy atom. The van der Waals surface area contributed by atoms with Gasteiger partial charge >= 0.3 is 0 Å². The summed E-state index contributed by atoms with van der Waals surface area (Å²) in [6, 6.07) is 1.21. The second-order valence-corrected chi connectivity index (χ2v) is 7.13. The Labute approximate surface area is 92.8 Å². The number of hydrogen-bond acceptors (Lipinski definition) is 4. The Bertz CT molecular complexity index is 413. The van der Waals surface area contributed by atoms with E-state index in [1.165, 1.54) is 17.6 Å². The third-order valence-electron chi connectivity index (χ3n) is 2.19. The fraction of sp³-hybridized carbons (Fsp3) is 0.500. The number of nitrogens with two attached hydrogens (primary N) is 1. The van der Waals surface area contributed by atoms with Crippen LogP contribution in [0, 0.1) is 0 Å². The predicted molar refractivity (Wildman–Crippen MR) is 60.6 cm³/mol. The molecule has 1 aromatic rings. The molecule has 6 heteroatoms. The molecule has 1 heterocycles. The van der Waals surface area contributed by atoms with E-state index < -0.39 is 21.1 Å². The summed E-state index contributed by atoms with van der Waals surface area (Å²) in [5.41, 5.74) is 6.52. The maximum atomic E-state index is 11.3. The summed E-state index contributed by atoms with van der Waals surface area (Å²) in [6.45, 7) is 1.59. The first kappa shape index (κ1) is 12.0. The van der Waals surface area contributed by atoms with Crippen LogP contribution in [0.3, 0.4) is 0 Å². The third-order valence-corrected chi connectivity index (χ3v) is 5.03. The van der Waals surface area contributed by atoms with E-state index in [9.17, 15) is 8.42 Å². The topological polar surface area (TPSA) is 60.2 Å². The van der Waals surface area contributed by atoms with Crippen LogP contribution in [0.1, 0.15) is 18.5 Å². The van der Waals surface area contributed by atoms with Gasteiger partial charge in [0.2, 0.25) is 0 Å². The van der Waals surface area contributed by atoms with Crippen LogP contribution >= 0.6 is 22.9 Å². The Balaban J connectivity index is 2.97. The molecule has 0 aliphatic carbocycles. The van der Waals surface area contributed by atoms with Gasteiger partial charge in [0.05, 0.1) is 9.59 Å². The zero-order valence-electron chi connectivity index (χ0n) is 7.90. The molecule has 0 saturated carbocycles. The highest BCUT2D eigenvalue weighted by Crippen LogP contribution is 2.30. The van der Waals surface area contributed by atoms with Crippen molar-refractivity contribution in [3.8, 4) is 0 Å². The molecule has 0 amide bonds. The smallest absolute Gasteiger partial charge is 0.151 e. The Morgan fingerprint density at radius 2 is 2.14 bits per heavy atom. The molecule has 1 rings (SSSR count). The molecule has 0 fully saturated rings. The van der Waals surface area contributed by atoms with Gasteiger partial charge in [-0.3, -0.25) is 0 Å². The average molecular weight is 254 g/mol. The lowest BCUT2D eigenvalue weighted by Gasteiger charge is -2.17. The van der Waals surface area contributed by atoms with E-state index >= 15 is 0 Å². The molecule has 3 nitrogen and oxygen atoms in total. The summed E-state index contributed by atoms with van der Waals surface area (Å²) in [5, 5.41) is 1.18. The lowest BCUT2D eigenvalue weighted by molar-refractivity contribution is 0.571. The molecular weight excluding hydrogens is 242 g/mol. The third kappa shape index (κ3) is 2.48. The van der Waals surface area contributed by atoms with Crippen molar-refractivity contribution >= 4 is 32.8 Å². The van der Waals surface area contributed by atoms with Crippen LogP contribution in [0.25, 0.3) is 0 Å². The van der Waals surface area contributed by atoms with Crippen molar-refractivity contribution in [2.45, 2.75) is 18.2 Å². The van der Waals surface area contributed by atoms with Crippen molar-refractivity contribution in [1.82, 2.24) is 0 Å². The molecular formula is C8H12ClNO2S2. The van der Waals surface area contributed by atoms with E-state index in [1.807, 2.05) is 0 Å². The maximum absolute atomic E-state index is 11.3. The van der Waals surface area contributed by atoms with Gasteiger partial charge in [-0.15, -0.1) is 11.3 Å². The fourth-order valence-electron chi connectivity index (χ4n) is 1.06. The lowest BCUT2D eigenvalue weighted by Crippen LogP contribution is -2.30. The second-order valence-electron chi connectivity index (χ2n) is 3.21. The van der Waals surface area contributed by atoms with Gasteiger partial charge in [-0.25, -0.2) is 8.42 Å². The molecule has 0 aliphatic heterocycles. The SMILES string of the molecule is CC(C(N)c1ccsc1Cl)S(C)(=O)=O. The van der Waals surface area contributed by atoms with Crippen molar-refractivity contribution in [2.24, 2.45) is 5.73 Å². The van der Waals surface area contributed by atoms with Crippen molar-refractivity contribution in [1.29, 1.82) is 0 Å². The first-order valence-electron chi connectivity index (χ1n) is 4.01. The number of sulfone groups is 1. The van der Waals surface area contributed by atoms with Crippen molar-refractivity contribution in [3.05, 3.63) is 21.3 Å². The maximum Gasteiger partial charge on any atom is 0.151 e. The summed E-state index contributed by atoms with van der Waals surface area (Å²) in [7, 11) is -3.12. The molecule has 2 unspecified atom stereocenters. The molecule has 2 N–H and O–H groups in total.